The van der Waals surface area contributed by atoms with Crippen molar-refractivity contribution in [1.29, 1.82) is 0 Å². The fraction of sp³-hybridized carbons (Fsp3) is 0.524. The molecular formula is C21H27N3O2. The Morgan fingerprint density at radius 2 is 1.92 bits per heavy atom. The Morgan fingerprint density at radius 1 is 1.08 bits per heavy atom. The van der Waals surface area contributed by atoms with Crippen molar-refractivity contribution in [3.05, 3.63) is 42.1 Å². The fourth-order valence-electron chi connectivity index (χ4n) is 4.06. The smallest absolute Gasteiger partial charge is 0.272 e. The van der Waals surface area contributed by atoms with Gasteiger partial charge in [-0.3, -0.25) is 9.69 Å². The summed E-state index contributed by atoms with van der Waals surface area (Å²) < 4.78 is 5.43. The number of fused-ring (bicyclic) bond motifs is 1. The van der Waals surface area contributed by atoms with Crippen molar-refractivity contribution < 1.29 is 9.53 Å². The molecule has 2 fully saturated rings. The number of amides is 1. The Balaban J connectivity index is 1.46. The SMILES string of the molecule is O=C(c1ccc2ccccc2n1)N1CCCC[C@H]1CCN1CCOCC1. The molecule has 1 amide bonds. The summed E-state index contributed by atoms with van der Waals surface area (Å²) in [5, 5.41) is 1.08. The normalized spacial score (nSPS) is 21.8. The molecule has 2 aliphatic heterocycles. The quantitative estimate of drug-likeness (QED) is 0.848. The topological polar surface area (TPSA) is 45.7 Å². The second kappa shape index (κ2) is 8.14. The maximum Gasteiger partial charge on any atom is 0.272 e. The van der Waals surface area contributed by atoms with E-state index in [-0.39, 0.29) is 5.91 Å². The molecule has 2 saturated heterocycles. The number of benzene rings is 1. The lowest BCUT2D eigenvalue weighted by Crippen LogP contribution is -2.46. The van der Waals surface area contributed by atoms with Crippen LogP contribution in [0.15, 0.2) is 36.4 Å². The molecule has 0 radical (unpaired) electrons. The van der Waals surface area contributed by atoms with Gasteiger partial charge in [-0.25, -0.2) is 4.98 Å². The molecule has 0 bridgehead atoms. The van der Waals surface area contributed by atoms with E-state index in [2.05, 4.69) is 14.8 Å². The molecule has 0 aliphatic carbocycles. The highest BCUT2D eigenvalue weighted by atomic mass is 16.5. The average Bonchev–Trinajstić information content (AvgIpc) is 2.72. The standard InChI is InChI=1S/C21H27N3O2/c25-21(20-9-8-17-5-1-2-7-19(17)22-20)24-11-4-3-6-18(24)10-12-23-13-15-26-16-14-23/h1-2,5,7-9,18H,3-4,6,10-16H2/t18-/m0/s1. The predicted molar refractivity (Wildman–Crippen MR) is 102 cm³/mol. The van der Waals surface area contributed by atoms with Crippen LogP contribution < -0.4 is 0 Å². The van der Waals surface area contributed by atoms with Crippen LogP contribution in [0.25, 0.3) is 10.9 Å². The molecule has 1 aromatic carbocycles. The van der Waals surface area contributed by atoms with Crippen LogP contribution in [0.5, 0.6) is 0 Å². The van der Waals surface area contributed by atoms with Gasteiger partial charge in [-0.15, -0.1) is 0 Å². The highest BCUT2D eigenvalue weighted by Crippen LogP contribution is 2.23. The summed E-state index contributed by atoms with van der Waals surface area (Å²) in [5.41, 5.74) is 1.46. The Hall–Kier alpha value is -1.98. The number of likely N-dealkylation sites (tertiary alicyclic amines) is 1. The average molecular weight is 353 g/mol. The fourth-order valence-corrected chi connectivity index (χ4v) is 4.06. The van der Waals surface area contributed by atoms with E-state index in [0.29, 0.717) is 11.7 Å². The van der Waals surface area contributed by atoms with Gasteiger partial charge < -0.3 is 9.64 Å². The van der Waals surface area contributed by atoms with Crippen LogP contribution in [0.1, 0.15) is 36.2 Å². The zero-order valence-corrected chi connectivity index (χ0v) is 15.3. The summed E-state index contributed by atoms with van der Waals surface area (Å²) in [5.74, 6) is 0.0856. The number of piperidine rings is 1. The Kier molecular flexibility index (Phi) is 5.46. The molecule has 26 heavy (non-hydrogen) atoms. The van der Waals surface area contributed by atoms with Gasteiger partial charge >= 0.3 is 0 Å². The molecule has 0 N–H and O–H groups in total. The van der Waals surface area contributed by atoms with Crippen molar-refractivity contribution >= 4 is 16.8 Å². The second-order valence-electron chi connectivity index (χ2n) is 7.28. The molecular weight excluding hydrogens is 326 g/mol. The van der Waals surface area contributed by atoms with Crippen LogP contribution in [0.2, 0.25) is 0 Å². The minimum Gasteiger partial charge on any atom is -0.379 e. The van der Waals surface area contributed by atoms with Crippen LogP contribution in [-0.2, 0) is 4.74 Å². The number of rotatable bonds is 4. The molecule has 0 unspecified atom stereocenters. The molecule has 1 atom stereocenters. The van der Waals surface area contributed by atoms with E-state index < -0.39 is 0 Å². The third-order valence-corrected chi connectivity index (χ3v) is 5.59. The molecule has 3 heterocycles. The van der Waals surface area contributed by atoms with Gasteiger partial charge in [0.25, 0.3) is 5.91 Å². The number of hydrogen-bond donors (Lipinski definition) is 0. The minimum atomic E-state index is 0.0856. The Bertz CT molecular complexity index is 758. The van der Waals surface area contributed by atoms with Crippen LogP contribution >= 0.6 is 0 Å². The van der Waals surface area contributed by atoms with Crippen molar-refractivity contribution in [2.24, 2.45) is 0 Å². The zero-order chi connectivity index (χ0) is 17.8. The number of nitrogens with zero attached hydrogens (tertiary/aromatic N) is 3. The number of hydrogen-bond acceptors (Lipinski definition) is 4. The van der Waals surface area contributed by atoms with Crippen LogP contribution in [0, 0.1) is 0 Å². The van der Waals surface area contributed by atoms with Crippen molar-refractivity contribution in [3.63, 3.8) is 0 Å². The molecule has 0 saturated carbocycles. The number of ether oxygens (including phenoxy) is 1. The minimum absolute atomic E-state index is 0.0856. The molecule has 2 aliphatic rings. The number of carbonyl (C=O) groups is 1. The maximum atomic E-state index is 13.1. The van der Waals surface area contributed by atoms with Gasteiger partial charge in [-0.1, -0.05) is 24.3 Å². The first-order chi connectivity index (χ1) is 12.8. The highest BCUT2D eigenvalue weighted by Gasteiger charge is 2.28. The van der Waals surface area contributed by atoms with Gasteiger partial charge in [-0.05, 0) is 37.8 Å². The van der Waals surface area contributed by atoms with Crippen molar-refractivity contribution in [2.45, 2.75) is 31.7 Å². The highest BCUT2D eigenvalue weighted by molar-refractivity contribution is 5.95. The Labute approximate surface area is 154 Å². The molecule has 0 spiro atoms. The van der Waals surface area contributed by atoms with Crippen molar-refractivity contribution in [2.75, 3.05) is 39.4 Å². The molecule has 1 aromatic heterocycles. The van der Waals surface area contributed by atoms with E-state index in [0.717, 1.165) is 69.6 Å². The zero-order valence-electron chi connectivity index (χ0n) is 15.3. The first-order valence-corrected chi connectivity index (χ1v) is 9.78. The predicted octanol–water partition coefficient (Wildman–Crippen LogP) is 2.95. The lowest BCUT2D eigenvalue weighted by atomic mass is 9.98. The second-order valence-corrected chi connectivity index (χ2v) is 7.28. The van der Waals surface area contributed by atoms with Gasteiger partial charge in [0.2, 0.25) is 0 Å². The lowest BCUT2D eigenvalue weighted by Gasteiger charge is -2.37. The van der Waals surface area contributed by atoms with E-state index in [1.54, 1.807) is 0 Å². The summed E-state index contributed by atoms with van der Waals surface area (Å²) in [6, 6.07) is 12.2. The summed E-state index contributed by atoms with van der Waals surface area (Å²) in [6.07, 6.45) is 4.44. The van der Waals surface area contributed by atoms with Crippen LogP contribution in [0.3, 0.4) is 0 Å². The molecule has 5 heteroatoms. The van der Waals surface area contributed by atoms with Crippen molar-refractivity contribution in [1.82, 2.24) is 14.8 Å². The number of para-hydroxylation sites is 1. The van der Waals surface area contributed by atoms with Gasteiger partial charge in [0, 0.05) is 37.6 Å². The third-order valence-electron chi connectivity index (χ3n) is 5.59. The summed E-state index contributed by atoms with van der Waals surface area (Å²) >= 11 is 0. The number of aromatic nitrogens is 1. The number of morpholine rings is 1. The van der Waals surface area contributed by atoms with Crippen LogP contribution in [0.4, 0.5) is 0 Å². The third kappa shape index (κ3) is 3.89. The number of carbonyl (C=O) groups excluding carboxylic acids is 1. The molecule has 2 aromatic rings. The van der Waals surface area contributed by atoms with E-state index >= 15 is 0 Å². The van der Waals surface area contributed by atoms with E-state index in [9.17, 15) is 4.79 Å². The van der Waals surface area contributed by atoms with E-state index in [4.69, 9.17) is 4.74 Å². The summed E-state index contributed by atoms with van der Waals surface area (Å²) in [4.78, 5) is 22.3. The lowest BCUT2D eigenvalue weighted by molar-refractivity contribution is 0.0295. The molecule has 138 valence electrons. The largest absolute Gasteiger partial charge is 0.379 e. The van der Waals surface area contributed by atoms with Crippen LogP contribution in [-0.4, -0.2) is 66.1 Å². The Morgan fingerprint density at radius 3 is 2.81 bits per heavy atom. The van der Waals surface area contributed by atoms with Gasteiger partial charge in [-0.2, -0.15) is 0 Å². The number of pyridine rings is 1. The van der Waals surface area contributed by atoms with Crippen molar-refractivity contribution in [3.8, 4) is 0 Å². The molecule has 4 rings (SSSR count). The molecule has 5 nitrogen and oxygen atoms in total. The van der Waals surface area contributed by atoms with E-state index in [1.165, 1.54) is 6.42 Å². The monoisotopic (exact) mass is 353 g/mol. The van der Waals surface area contributed by atoms with E-state index in [1.807, 2.05) is 36.4 Å². The summed E-state index contributed by atoms with van der Waals surface area (Å²) in [6.45, 7) is 5.56. The first kappa shape index (κ1) is 17.4. The van der Waals surface area contributed by atoms with Gasteiger partial charge in [0.1, 0.15) is 5.69 Å². The van der Waals surface area contributed by atoms with Gasteiger partial charge in [0.05, 0.1) is 18.7 Å². The maximum absolute atomic E-state index is 13.1. The summed E-state index contributed by atoms with van der Waals surface area (Å²) in [7, 11) is 0. The first-order valence-electron chi connectivity index (χ1n) is 9.78. The van der Waals surface area contributed by atoms with Gasteiger partial charge in [0.15, 0.2) is 0 Å².